The first-order valence-corrected chi connectivity index (χ1v) is 7.82. The lowest BCUT2D eigenvalue weighted by atomic mass is 10.2. The average molecular weight is 454 g/mol. The Hall–Kier alpha value is -0.830. The maximum Gasteiger partial charge on any atom is 0.173 e. The summed E-state index contributed by atoms with van der Waals surface area (Å²) in [6, 6.07) is 2.52. The average Bonchev–Trinajstić information content (AvgIpc) is 2.44. The van der Waals surface area contributed by atoms with Crippen molar-refractivity contribution >= 4 is 44.3 Å². The van der Waals surface area contributed by atoms with Crippen LogP contribution in [0.2, 0.25) is 0 Å². The maximum atomic E-state index is 13.6. The van der Waals surface area contributed by atoms with Crippen molar-refractivity contribution in [1.82, 2.24) is 9.97 Å². The van der Waals surface area contributed by atoms with Crippen LogP contribution >= 0.6 is 38.5 Å². The van der Waals surface area contributed by atoms with E-state index >= 15 is 0 Å². The fraction of sp³-hybridized carbons (Fsp3) is 0.231. The molecule has 7 heteroatoms. The summed E-state index contributed by atoms with van der Waals surface area (Å²) in [4.78, 5) is 8.53. The highest BCUT2D eigenvalue weighted by atomic mass is 127. The Balaban J connectivity index is 2.45. The second kappa shape index (κ2) is 6.75. The number of anilines is 1. The molecule has 0 atom stereocenters. The van der Waals surface area contributed by atoms with Gasteiger partial charge in [-0.3, -0.25) is 0 Å². The zero-order chi connectivity index (χ0) is 14.7. The van der Waals surface area contributed by atoms with Crippen LogP contribution in [0.1, 0.15) is 13.3 Å². The van der Waals surface area contributed by atoms with Crippen molar-refractivity contribution in [2.24, 2.45) is 0 Å². The lowest BCUT2D eigenvalue weighted by Gasteiger charge is -2.09. The van der Waals surface area contributed by atoms with E-state index in [1.165, 1.54) is 6.07 Å². The minimum Gasteiger partial charge on any atom is -0.369 e. The summed E-state index contributed by atoms with van der Waals surface area (Å²) in [5.41, 5.74) is 0.417. The van der Waals surface area contributed by atoms with Gasteiger partial charge in [0.05, 0.1) is 8.04 Å². The van der Waals surface area contributed by atoms with Crippen LogP contribution in [0.4, 0.5) is 14.6 Å². The molecule has 0 aliphatic carbocycles. The van der Waals surface area contributed by atoms with Crippen LogP contribution in [0.15, 0.2) is 22.8 Å². The number of nitrogens with zero attached hydrogens (tertiary/aromatic N) is 2. The van der Waals surface area contributed by atoms with Gasteiger partial charge in [-0.25, -0.2) is 18.7 Å². The van der Waals surface area contributed by atoms with E-state index in [1.807, 2.05) is 6.92 Å². The van der Waals surface area contributed by atoms with E-state index < -0.39 is 11.6 Å². The predicted molar refractivity (Wildman–Crippen MR) is 86.6 cm³/mol. The molecule has 0 aliphatic heterocycles. The van der Waals surface area contributed by atoms with Gasteiger partial charge < -0.3 is 5.32 Å². The molecule has 0 radical (unpaired) electrons. The molecule has 0 spiro atoms. The highest BCUT2D eigenvalue weighted by Crippen LogP contribution is 2.30. The molecule has 2 rings (SSSR count). The van der Waals surface area contributed by atoms with Crippen LogP contribution < -0.4 is 5.32 Å². The molecular formula is C13H11BrF2IN3. The third-order valence-electron chi connectivity index (χ3n) is 2.56. The number of halogens is 4. The smallest absolute Gasteiger partial charge is 0.173 e. The van der Waals surface area contributed by atoms with Gasteiger partial charge in [0, 0.05) is 18.3 Å². The Morgan fingerprint density at radius 2 is 2.10 bits per heavy atom. The summed E-state index contributed by atoms with van der Waals surface area (Å²) in [7, 11) is 0. The van der Waals surface area contributed by atoms with Crippen molar-refractivity contribution < 1.29 is 8.78 Å². The normalized spacial score (nSPS) is 10.7. The number of hydrogen-bond acceptors (Lipinski definition) is 3. The van der Waals surface area contributed by atoms with Crippen LogP contribution in [0.3, 0.4) is 0 Å². The molecule has 1 heterocycles. The third-order valence-corrected chi connectivity index (χ3v) is 4.13. The molecule has 3 nitrogen and oxygen atoms in total. The van der Waals surface area contributed by atoms with Gasteiger partial charge in [-0.1, -0.05) is 6.92 Å². The lowest BCUT2D eigenvalue weighted by molar-refractivity contribution is 0.504. The number of benzene rings is 1. The summed E-state index contributed by atoms with van der Waals surface area (Å²) < 4.78 is 27.6. The molecule has 0 saturated carbocycles. The van der Waals surface area contributed by atoms with Crippen LogP contribution in [-0.2, 0) is 0 Å². The molecular weight excluding hydrogens is 443 g/mol. The highest BCUT2D eigenvalue weighted by molar-refractivity contribution is 14.1. The highest BCUT2D eigenvalue weighted by Gasteiger charge is 2.15. The largest absolute Gasteiger partial charge is 0.369 e. The first-order valence-electron chi connectivity index (χ1n) is 5.94. The van der Waals surface area contributed by atoms with Crippen LogP contribution in [-0.4, -0.2) is 16.5 Å². The number of rotatable bonds is 4. The minimum atomic E-state index is -0.937. The van der Waals surface area contributed by atoms with Gasteiger partial charge in [-0.05, 0) is 57.1 Å². The number of hydrogen-bond donors (Lipinski definition) is 1. The van der Waals surface area contributed by atoms with Gasteiger partial charge >= 0.3 is 0 Å². The summed E-state index contributed by atoms with van der Waals surface area (Å²) >= 11 is 5.17. The predicted octanol–water partition coefficient (Wildman–Crippen LogP) is 4.61. The van der Waals surface area contributed by atoms with Gasteiger partial charge in [0.15, 0.2) is 17.5 Å². The third kappa shape index (κ3) is 3.25. The topological polar surface area (TPSA) is 37.8 Å². The van der Waals surface area contributed by atoms with Crippen molar-refractivity contribution in [3.63, 3.8) is 0 Å². The molecule has 0 unspecified atom stereocenters. The van der Waals surface area contributed by atoms with Crippen LogP contribution in [0, 0.1) is 15.2 Å². The van der Waals surface area contributed by atoms with E-state index in [0.29, 0.717) is 17.2 Å². The Bertz CT molecular complexity index is 637. The first-order chi connectivity index (χ1) is 9.54. The van der Waals surface area contributed by atoms with Crippen molar-refractivity contribution in [1.29, 1.82) is 0 Å². The molecule has 106 valence electrons. The van der Waals surface area contributed by atoms with E-state index in [-0.39, 0.29) is 4.47 Å². The molecule has 20 heavy (non-hydrogen) atoms. The van der Waals surface area contributed by atoms with E-state index in [1.54, 1.807) is 6.20 Å². The second-order valence-corrected chi connectivity index (χ2v) is 6.00. The Morgan fingerprint density at radius 3 is 2.80 bits per heavy atom. The summed E-state index contributed by atoms with van der Waals surface area (Å²) in [6.07, 6.45) is 2.61. The van der Waals surface area contributed by atoms with E-state index in [4.69, 9.17) is 0 Å². The quantitative estimate of drug-likeness (QED) is 0.542. The van der Waals surface area contributed by atoms with Gasteiger partial charge in [0.1, 0.15) is 5.82 Å². The second-order valence-electron chi connectivity index (χ2n) is 4.04. The molecule has 0 aliphatic rings. The van der Waals surface area contributed by atoms with E-state index in [0.717, 1.165) is 22.6 Å². The van der Waals surface area contributed by atoms with Gasteiger partial charge in [0.2, 0.25) is 0 Å². The van der Waals surface area contributed by atoms with Crippen molar-refractivity contribution in [2.75, 3.05) is 11.9 Å². The Kier molecular flexibility index (Phi) is 5.25. The van der Waals surface area contributed by atoms with Gasteiger partial charge in [0.25, 0.3) is 0 Å². The molecule has 0 fully saturated rings. The van der Waals surface area contributed by atoms with Gasteiger partial charge in [-0.15, -0.1) is 0 Å². The fourth-order valence-corrected chi connectivity index (χ4v) is 2.51. The van der Waals surface area contributed by atoms with Crippen molar-refractivity contribution in [2.45, 2.75) is 13.3 Å². The molecule has 0 saturated heterocycles. The van der Waals surface area contributed by atoms with E-state index in [2.05, 4.69) is 53.8 Å². The zero-order valence-corrected chi connectivity index (χ0v) is 14.3. The zero-order valence-electron chi connectivity index (χ0n) is 10.6. The van der Waals surface area contributed by atoms with Crippen molar-refractivity contribution in [3.8, 4) is 11.4 Å². The summed E-state index contributed by atoms with van der Waals surface area (Å²) in [6.45, 7) is 2.83. The Morgan fingerprint density at radius 1 is 1.35 bits per heavy atom. The van der Waals surface area contributed by atoms with Crippen LogP contribution in [0.25, 0.3) is 11.4 Å². The summed E-state index contributed by atoms with van der Waals surface area (Å²) in [5.74, 6) is -0.813. The minimum absolute atomic E-state index is 0.0279. The summed E-state index contributed by atoms with van der Waals surface area (Å²) in [5, 5.41) is 3.18. The molecule has 0 bridgehead atoms. The molecule has 2 aromatic rings. The lowest BCUT2D eigenvalue weighted by Crippen LogP contribution is -2.06. The first kappa shape index (κ1) is 15.6. The van der Waals surface area contributed by atoms with Gasteiger partial charge in [-0.2, -0.15) is 0 Å². The van der Waals surface area contributed by atoms with Crippen LogP contribution in [0.5, 0.6) is 0 Å². The fourth-order valence-electron chi connectivity index (χ4n) is 1.56. The number of aromatic nitrogens is 2. The molecule has 1 N–H and O–H groups in total. The molecule has 1 aromatic heterocycles. The monoisotopic (exact) mass is 453 g/mol. The standard InChI is InChI=1S/C13H11BrF2IN3/c1-2-5-18-13-9(17)6-19-12(20-13)7-3-4-8(15)11(16)10(7)14/h3-4,6H,2,5H2,1H3,(H,18,19,20). The van der Waals surface area contributed by atoms with Crippen molar-refractivity contribution in [3.05, 3.63) is 38.0 Å². The SMILES string of the molecule is CCCNc1nc(-c2ccc(F)c(F)c2Br)ncc1I. The van der Waals surface area contributed by atoms with E-state index in [9.17, 15) is 8.78 Å². The molecule has 1 aromatic carbocycles. The Labute approximate surface area is 137 Å². The maximum absolute atomic E-state index is 13.6. The molecule has 0 amide bonds. The number of nitrogens with one attached hydrogen (secondary N) is 1.